The molecule has 90 valence electrons. The highest BCUT2D eigenvalue weighted by molar-refractivity contribution is 9.10. The number of nitrogens with two attached hydrogens (primary N) is 1. The van der Waals surface area contributed by atoms with Gasteiger partial charge in [0.2, 0.25) is 0 Å². The van der Waals surface area contributed by atoms with Crippen LogP contribution in [0.5, 0.6) is 0 Å². The summed E-state index contributed by atoms with van der Waals surface area (Å²) in [6.45, 7) is 1.93. The van der Waals surface area contributed by atoms with E-state index in [0.29, 0.717) is 17.7 Å². The number of benzene rings is 1. The predicted octanol–water partition coefficient (Wildman–Crippen LogP) is 2.45. The summed E-state index contributed by atoms with van der Waals surface area (Å²) in [5.41, 5.74) is 6.68. The Balaban J connectivity index is 2.79. The number of carbonyl (C=O) groups is 1. The Morgan fingerprint density at radius 3 is 2.82 bits per heavy atom. The Morgan fingerprint density at radius 1 is 1.59 bits per heavy atom. The van der Waals surface area contributed by atoms with Crippen LogP contribution in [0.1, 0.15) is 30.1 Å². The number of nitriles is 1. The van der Waals surface area contributed by atoms with Crippen molar-refractivity contribution in [2.45, 2.75) is 25.8 Å². The number of hydrogen-bond donors (Lipinski definition) is 2. The third kappa shape index (κ3) is 4.08. The summed E-state index contributed by atoms with van der Waals surface area (Å²) in [4.78, 5) is 11.9. The largest absolute Gasteiger partial charge is 0.399 e. The van der Waals surface area contributed by atoms with Gasteiger partial charge in [-0.15, -0.1) is 0 Å². The molecule has 17 heavy (non-hydrogen) atoms. The average Bonchev–Trinajstić information content (AvgIpc) is 2.27. The fourth-order valence-corrected chi connectivity index (χ4v) is 1.93. The van der Waals surface area contributed by atoms with E-state index < -0.39 is 0 Å². The number of anilines is 1. The van der Waals surface area contributed by atoms with Gasteiger partial charge in [0.15, 0.2) is 0 Å². The van der Waals surface area contributed by atoms with Crippen molar-refractivity contribution in [2.75, 3.05) is 5.73 Å². The first kappa shape index (κ1) is 13.5. The Labute approximate surface area is 109 Å². The van der Waals surface area contributed by atoms with E-state index in [1.54, 1.807) is 18.2 Å². The summed E-state index contributed by atoms with van der Waals surface area (Å²) in [6, 6.07) is 6.97. The van der Waals surface area contributed by atoms with Crippen LogP contribution in [0.15, 0.2) is 22.7 Å². The van der Waals surface area contributed by atoms with Crippen molar-refractivity contribution in [3.63, 3.8) is 0 Å². The summed E-state index contributed by atoms with van der Waals surface area (Å²) in [5, 5.41) is 11.4. The second-order valence-electron chi connectivity index (χ2n) is 3.71. The molecule has 0 bridgehead atoms. The molecule has 0 saturated heterocycles. The topological polar surface area (TPSA) is 78.9 Å². The van der Waals surface area contributed by atoms with E-state index in [1.807, 2.05) is 13.0 Å². The lowest BCUT2D eigenvalue weighted by molar-refractivity contribution is 0.0936. The van der Waals surface area contributed by atoms with Gasteiger partial charge >= 0.3 is 0 Å². The summed E-state index contributed by atoms with van der Waals surface area (Å²) in [6.07, 6.45) is 1.04. The molecule has 0 heterocycles. The van der Waals surface area contributed by atoms with E-state index in [1.165, 1.54) is 0 Å². The van der Waals surface area contributed by atoms with Gasteiger partial charge in [0.25, 0.3) is 5.91 Å². The first-order valence-corrected chi connectivity index (χ1v) is 6.10. The van der Waals surface area contributed by atoms with Crippen LogP contribution < -0.4 is 11.1 Å². The molecule has 0 aromatic heterocycles. The number of halogens is 1. The van der Waals surface area contributed by atoms with Gasteiger partial charge in [0.05, 0.1) is 12.5 Å². The number of nitrogens with zero attached hydrogens (tertiary/aromatic N) is 1. The maximum Gasteiger partial charge on any atom is 0.251 e. The quantitative estimate of drug-likeness (QED) is 0.838. The van der Waals surface area contributed by atoms with Crippen LogP contribution in [0, 0.1) is 11.3 Å². The molecular weight excluding hydrogens is 282 g/mol. The van der Waals surface area contributed by atoms with Crippen molar-refractivity contribution in [3.05, 3.63) is 28.2 Å². The summed E-state index contributed by atoms with van der Waals surface area (Å²) >= 11 is 3.28. The predicted molar refractivity (Wildman–Crippen MR) is 70.3 cm³/mol. The van der Waals surface area contributed by atoms with Gasteiger partial charge < -0.3 is 11.1 Å². The Morgan fingerprint density at radius 2 is 2.29 bits per heavy atom. The molecule has 4 nitrogen and oxygen atoms in total. The smallest absolute Gasteiger partial charge is 0.251 e. The van der Waals surface area contributed by atoms with Crippen molar-refractivity contribution >= 4 is 27.5 Å². The molecule has 0 fully saturated rings. The van der Waals surface area contributed by atoms with Crippen LogP contribution in [-0.2, 0) is 0 Å². The van der Waals surface area contributed by atoms with E-state index in [-0.39, 0.29) is 11.9 Å². The fraction of sp³-hybridized carbons (Fsp3) is 0.333. The second-order valence-corrected chi connectivity index (χ2v) is 4.63. The summed E-state index contributed by atoms with van der Waals surface area (Å²) < 4.78 is 0.760. The third-order valence-electron chi connectivity index (χ3n) is 2.35. The monoisotopic (exact) mass is 295 g/mol. The number of hydrogen-bond acceptors (Lipinski definition) is 3. The van der Waals surface area contributed by atoms with Crippen LogP contribution >= 0.6 is 15.9 Å². The minimum absolute atomic E-state index is 0.118. The van der Waals surface area contributed by atoms with Crippen LogP contribution in [-0.4, -0.2) is 11.9 Å². The molecular formula is C12H14BrN3O. The number of nitrogen functional groups attached to an aromatic ring is 1. The fourth-order valence-electron chi connectivity index (χ4n) is 1.42. The lowest BCUT2D eigenvalue weighted by Gasteiger charge is -2.13. The van der Waals surface area contributed by atoms with Crippen molar-refractivity contribution in [3.8, 4) is 6.07 Å². The molecule has 3 N–H and O–H groups in total. The molecule has 1 rings (SSSR count). The normalized spacial score (nSPS) is 11.6. The third-order valence-corrected chi connectivity index (χ3v) is 2.81. The minimum Gasteiger partial charge on any atom is -0.399 e. The SMILES string of the molecule is CCC(CC#N)NC(=O)c1cc(N)cc(Br)c1. The van der Waals surface area contributed by atoms with Crippen molar-refractivity contribution in [2.24, 2.45) is 0 Å². The van der Waals surface area contributed by atoms with Crippen LogP contribution in [0.2, 0.25) is 0 Å². The Bertz CT molecular complexity index is 433. The molecule has 0 spiro atoms. The first-order chi connectivity index (χ1) is 8.06. The van der Waals surface area contributed by atoms with E-state index in [9.17, 15) is 4.79 Å². The molecule has 1 unspecified atom stereocenters. The van der Waals surface area contributed by atoms with Gasteiger partial charge in [-0.3, -0.25) is 4.79 Å². The van der Waals surface area contributed by atoms with Crippen molar-refractivity contribution in [1.82, 2.24) is 5.32 Å². The van der Waals surface area contributed by atoms with Crippen LogP contribution in [0.4, 0.5) is 5.69 Å². The molecule has 0 aliphatic carbocycles. The zero-order valence-electron chi connectivity index (χ0n) is 9.53. The molecule has 5 heteroatoms. The van der Waals surface area contributed by atoms with E-state index in [0.717, 1.165) is 10.9 Å². The number of nitrogens with one attached hydrogen (secondary N) is 1. The van der Waals surface area contributed by atoms with Gasteiger partial charge in [0.1, 0.15) is 0 Å². The Hall–Kier alpha value is -1.54. The lowest BCUT2D eigenvalue weighted by Crippen LogP contribution is -2.34. The Kier molecular flexibility index (Phi) is 4.98. The lowest BCUT2D eigenvalue weighted by atomic mass is 10.1. The highest BCUT2D eigenvalue weighted by Crippen LogP contribution is 2.17. The van der Waals surface area contributed by atoms with Gasteiger partial charge in [-0.1, -0.05) is 22.9 Å². The molecule has 0 radical (unpaired) electrons. The molecule has 1 aromatic rings. The van der Waals surface area contributed by atoms with E-state index in [4.69, 9.17) is 11.0 Å². The molecule has 0 aliphatic rings. The van der Waals surface area contributed by atoms with Gasteiger partial charge in [0, 0.05) is 21.8 Å². The maximum atomic E-state index is 11.9. The molecule has 1 amide bonds. The van der Waals surface area contributed by atoms with Crippen molar-refractivity contribution in [1.29, 1.82) is 5.26 Å². The van der Waals surface area contributed by atoms with E-state index >= 15 is 0 Å². The number of carbonyl (C=O) groups excluding carboxylic acids is 1. The molecule has 0 aliphatic heterocycles. The number of rotatable bonds is 4. The van der Waals surface area contributed by atoms with Gasteiger partial charge in [-0.25, -0.2) is 0 Å². The van der Waals surface area contributed by atoms with Gasteiger partial charge in [-0.2, -0.15) is 5.26 Å². The number of amides is 1. The van der Waals surface area contributed by atoms with Crippen molar-refractivity contribution < 1.29 is 4.79 Å². The second kappa shape index (κ2) is 6.26. The van der Waals surface area contributed by atoms with Crippen LogP contribution in [0.25, 0.3) is 0 Å². The molecule has 1 aromatic carbocycles. The maximum absolute atomic E-state index is 11.9. The first-order valence-electron chi connectivity index (χ1n) is 5.30. The average molecular weight is 296 g/mol. The zero-order valence-corrected chi connectivity index (χ0v) is 11.1. The molecule has 1 atom stereocenters. The summed E-state index contributed by atoms with van der Waals surface area (Å²) in [7, 11) is 0. The summed E-state index contributed by atoms with van der Waals surface area (Å²) in [5.74, 6) is -0.208. The standard InChI is InChI=1S/C12H14BrN3O/c1-2-11(3-4-14)16-12(17)8-5-9(13)7-10(15)6-8/h5-7,11H,2-3,15H2,1H3,(H,16,17). The molecule has 0 saturated carbocycles. The zero-order chi connectivity index (χ0) is 12.8. The minimum atomic E-state index is -0.208. The van der Waals surface area contributed by atoms with E-state index in [2.05, 4.69) is 21.2 Å². The van der Waals surface area contributed by atoms with Crippen LogP contribution in [0.3, 0.4) is 0 Å². The highest BCUT2D eigenvalue weighted by atomic mass is 79.9. The highest BCUT2D eigenvalue weighted by Gasteiger charge is 2.12. The van der Waals surface area contributed by atoms with Gasteiger partial charge in [-0.05, 0) is 24.6 Å².